The Balaban J connectivity index is 2.36. The summed E-state index contributed by atoms with van der Waals surface area (Å²) in [6, 6.07) is 17.9. The SMILES string of the molecule is N#Cc1ccccc1-c1cncc2ccccc12. The predicted octanol–water partition coefficient (Wildman–Crippen LogP) is 3.77. The van der Waals surface area contributed by atoms with Gasteiger partial charge in [-0.15, -0.1) is 0 Å². The molecule has 18 heavy (non-hydrogen) atoms. The molecule has 0 aliphatic carbocycles. The van der Waals surface area contributed by atoms with E-state index in [1.165, 1.54) is 0 Å². The molecule has 2 aromatic carbocycles. The van der Waals surface area contributed by atoms with Crippen molar-refractivity contribution in [2.75, 3.05) is 0 Å². The second-order valence-electron chi connectivity index (χ2n) is 4.07. The van der Waals surface area contributed by atoms with Gasteiger partial charge in [-0.25, -0.2) is 0 Å². The number of pyridine rings is 1. The molecule has 2 heteroatoms. The van der Waals surface area contributed by atoms with Crippen molar-refractivity contribution in [2.24, 2.45) is 0 Å². The van der Waals surface area contributed by atoms with Crippen LogP contribution in [0.3, 0.4) is 0 Å². The second-order valence-corrected chi connectivity index (χ2v) is 4.07. The molecule has 1 heterocycles. The van der Waals surface area contributed by atoms with Gasteiger partial charge in [-0.05, 0) is 11.5 Å². The molecule has 3 rings (SSSR count). The van der Waals surface area contributed by atoms with Gasteiger partial charge in [-0.1, -0.05) is 42.5 Å². The van der Waals surface area contributed by atoms with Gasteiger partial charge in [0.25, 0.3) is 0 Å². The maximum Gasteiger partial charge on any atom is 0.0998 e. The topological polar surface area (TPSA) is 36.7 Å². The van der Waals surface area contributed by atoms with Crippen LogP contribution in [0.1, 0.15) is 5.56 Å². The molecule has 0 fully saturated rings. The minimum atomic E-state index is 0.677. The minimum absolute atomic E-state index is 0.677. The van der Waals surface area contributed by atoms with Crippen LogP contribution in [-0.4, -0.2) is 4.98 Å². The van der Waals surface area contributed by atoms with Crippen molar-refractivity contribution in [1.29, 1.82) is 5.26 Å². The molecule has 0 spiro atoms. The third-order valence-corrected chi connectivity index (χ3v) is 3.01. The first-order valence-corrected chi connectivity index (χ1v) is 5.72. The van der Waals surface area contributed by atoms with Crippen LogP contribution >= 0.6 is 0 Å². The third kappa shape index (κ3) is 1.63. The van der Waals surface area contributed by atoms with Gasteiger partial charge in [-0.2, -0.15) is 5.26 Å². The summed E-state index contributed by atoms with van der Waals surface area (Å²) in [5, 5.41) is 11.4. The quantitative estimate of drug-likeness (QED) is 0.638. The molecule has 0 amide bonds. The van der Waals surface area contributed by atoms with Crippen molar-refractivity contribution in [1.82, 2.24) is 4.98 Å². The van der Waals surface area contributed by atoms with Crippen LogP contribution in [-0.2, 0) is 0 Å². The lowest BCUT2D eigenvalue weighted by atomic mass is 9.97. The highest BCUT2D eigenvalue weighted by Crippen LogP contribution is 2.29. The smallest absolute Gasteiger partial charge is 0.0998 e. The summed E-state index contributed by atoms with van der Waals surface area (Å²) in [6.45, 7) is 0. The lowest BCUT2D eigenvalue weighted by molar-refractivity contribution is 1.36. The first-order chi connectivity index (χ1) is 8.90. The zero-order valence-corrected chi connectivity index (χ0v) is 9.67. The Morgan fingerprint density at radius 1 is 0.833 bits per heavy atom. The number of benzene rings is 2. The van der Waals surface area contributed by atoms with Crippen LogP contribution in [0.4, 0.5) is 0 Å². The van der Waals surface area contributed by atoms with Crippen molar-refractivity contribution < 1.29 is 0 Å². The number of nitriles is 1. The molecule has 0 unspecified atom stereocenters. The highest BCUT2D eigenvalue weighted by atomic mass is 14.6. The second kappa shape index (κ2) is 4.31. The number of hydrogen-bond donors (Lipinski definition) is 0. The molecule has 0 bridgehead atoms. The molecule has 0 atom stereocenters. The van der Waals surface area contributed by atoms with Crippen molar-refractivity contribution in [3.63, 3.8) is 0 Å². The first-order valence-electron chi connectivity index (χ1n) is 5.72. The molecule has 0 radical (unpaired) electrons. The summed E-state index contributed by atoms with van der Waals surface area (Å²) in [5.41, 5.74) is 2.62. The fourth-order valence-corrected chi connectivity index (χ4v) is 2.15. The van der Waals surface area contributed by atoms with Crippen LogP contribution in [0.25, 0.3) is 21.9 Å². The van der Waals surface area contributed by atoms with Crippen molar-refractivity contribution in [3.05, 3.63) is 66.5 Å². The van der Waals surface area contributed by atoms with E-state index in [1.54, 1.807) is 0 Å². The van der Waals surface area contributed by atoms with E-state index >= 15 is 0 Å². The molecule has 0 aliphatic heterocycles. The Morgan fingerprint density at radius 3 is 2.50 bits per heavy atom. The highest BCUT2D eigenvalue weighted by molar-refractivity contribution is 5.96. The van der Waals surface area contributed by atoms with Gasteiger partial charge in [0.15, 0.2) is 0 Å². The van der Waals surface area contributed by atoms with E-state index in [9.17, 15) is 5.26 Å². The van der Waals surface area contributed by atoms with Crippen molar-refractivity contribution >= 4 is 10.8 Å². The fraction of sp³-hybridized carbons (Fsp3) is 0. The summed E-state index contributed by atoms with van der Waals surface area (Å²) in [6.07, 6.45) is 3.66. The molecule has 2 nitrogen and oxygen atoms in total. The number of nitrogens with zero attached hydrogens (tertiary/aromatic N) is 2. The molecule has 84 valence electrons. The normalized spacial score (nSPS) is 10.2. The van der Waals surface area contributed by atoms with Gasteiger partial charge in [0.05, 0.1) is 11.6 Å². The zero-order chi connectivity index (χ0) is 12.4. The van der Waals surface area contributed by atoms with Gasteiger partial charge in [0, 0.05) is 28.9 Å². The summed E-state index contributed by atoms with van der Waals surface area (Å²) in [5.74, 6) is 0. The van der Waals surface area contributed by atoms with Gasteiger partial charge >= 0.3 is 0 Å². The Hall–Kier alpha value is -2.66. The van der Waals surface area contributed by atoms with E-state index in [0.717, 1.165) is 21.9 Å². The molecule has 1 aromatic heterocycles. The monoisotopic (exact) mass is 230 g/mol. The molecule has 0 aliphatic rings. The largest absolute Gasteiger partial charge is 0.263 e. The van der Waals surface area contributed by atoms with Gasteiger partial charge in [-0.3, -0.25) is 4.98 Å². The van der Waals surface area contributed by atoms with E-state index in [4.69, 9.17) is 0 Å². The maximum absolute atomic E-state index is 9.18. The van der Waals surface area contributed by atoms with Crippen molar-refractivity contribution in [3.8, 4) is 17.2 Å². The van der Waals surface area contributed by atoms with Crippen LogP contribution in [0.5, 0.6) is 0 Å². The van der Waals surface area contributed by atoms with E-state index < -0.39 is 0 Å². The molecule has 0 N–H and O–H groups in total. The molecule has 3 aromatic rings. The van der Waals surface area contributed by atoms with Crippen molar-refractivity contribution in [2.45, 2.75) is 0 Å². The lowest BCUT2D eigenvalue weighted by Gasteiger charge is -2.07. The summed E-state index contributed by atoms with van der Waals surface area (Å²) in [7, 11) is 0. The summed E-state index contributed by atoms with van der Waals surface area (Å²) >= 11 is 0. The van der Waals surface area contributed by atoms with Gasteiger partial charge < -0.3 is 0 Å². The molecule has 0 saturated heterocycles. The van der Waals surface area contributed by atoms with Crippen LogP contribution < -0.4 is 0 Å². The average molecular weight is 230 g/mol. The number of rotatable bonds is 1. The Bertz CT molecular complexity index is 749. The van der Waals surface area contributed by atoms with E-state index in [1.807, 2.05) is 54.9 Å². The molecular formula is C16H10N2. The Kier molecular flexibility index (Phi) is 2.51. The highest BCUT2D eigenvalue weighted by Gasteiger charge is 2.07. The van der Waals surface area contributed by atoms with Gasteiger partial charge in [0.2, 0.25) is 0 Å². The third-order valence-electron chi connectivity index (χ3n) is 3.01. The fourth-order valence-electron chi connectivity index (χ4n) is 2.15. The van der Waals surface area contributed by atoms with Crippen LogP contribution in [0.2, 0.25) is 0 Å². The maximum atomic E-state index is 9.18. The number of hydrogen-bond acceptors (Lipinski definition) is 2. The summed E-state index contributed by atoms with van der Waals surface area (Å²) < 4.78 is 0. The standard InChI is InChI=1S/C16H10N2/c17-9-12-5-1-3-7-14(12)16-11-18-10-13-6-2-4-8-15(13)16/h1-8,10-11H. The number of aromatic nitrogens is 1. The van der Waals surface area contributed by atoms with Crippen LogP contribution in [0, 0.1) is 11.3 Å². The minimum Gasteiger partial charge on any atom is -0.263 e. The summed E-state index contributed by atoms with van der Waals surface area (Å²) in [4.78, 5) is 4.26. The van der Waals surface area contributed by atoms with E-state index in [2.05, 4.69) is 17.1 Å². The van der Waals surface area contributed by atoms with Gasteiger partial charge in [0.1, 0.15) is 0 Å². The Morgan fingerprint density at radius 2 is 1.61 bits per heavy atom. The predicted molar refractivity (Wildman–Crippen MR) is 71.9 cm³/mol. The van der Waals surface area contributed by atoms with Crippen LogP contribution in [0.15, 0.2) is 60.9 Å². The first kappa shape index (κ1) is 10.5. The van der Waals surface area contributed by atoms with E-state index in [-0.39, 0.29) is 0 Å². The zero-order valence-electron chi connectivity index (χ0n) is 9.67. The lowest BCUT2D eigenvalue weighted by Crippen LogP contribution is -1.87. The average Bonchev–Trinajstić information content (AvgIpc) is 2.46. The Labute approximate surface area is 105 Å². The van der Waals surface area contributed by atoms with E-state index in [0.29, 0.717) is 5.56 Å². The number of fused-ring (bicyclic) bond motifs is 1. The molecule has 0 saturated carbocycles. The molecular weight excluding hydrogens is 220 g/mol.